The van der Waals surface area contributed by atoms with Crippen LogP contribution in [0, 0.1) is 11.6 Å². The Morgan fingerprint density at radius 1 is 0.773 bits per heavy atom. The zero-order valence-electron chi connectivity index (χ0n) is 12.9. The standard InChI is InChI=1S/C18H20F2O2/c1-3-11-21-15-9-10-16(18(20)17(15)19)22-12-14-7-5-13(4-2)6-8-14/h5-10H,3-4,11-12H2,1-2H3. The second-order valence-electron chi connectivity index (χ2n) is 5.00. The van der Waals surface area contributed by atoms with Crippen LogP contribution < -0.4 is 9.47 Å². The molecule has 0 aliphatic carbocycles. The minimum Gasteiger partial charge on any atom is -0.490 e. The second-order valence-corrected chi connectivity index (χ2v) is 5.00. The lowest BCUT2D eigenvalue weighted by Gasteiger charge is -2.11. The van der Waals surface area contributed by atoms with Crippen molar-refractivity contribution >= 4 is 0 Å². The van der Waals surface area contributed by atoms with Gasteiger partial charge >= 0.3 is 0 Å². The minimum atomic E-state index is -1.02. The molecule has 0 radical (unpaired) electrons. The molecule has 0 bridgehead atoms. The van der Waals surface area contributed by atoms with Gasteiger partial charge in [0, 0.05) is 0 Å². The number of hydrogen-bond donors (Lipinski definition) is 0. The molecule has 0 aliphatic rings. The summed E-state index contributed by atoms with van der Waals surface area (Å²) in [5.74, 6) is -2.22. The van der Waals surface area contributed by atoms with Crippen molar-refractivity contribution in [3.8, 4) is 11.5 Å². The van der Waals surface area contributed by atoms with Crippen molar-refractivity contribution in [3.63, 3.8) is 0 Å². The zero-order chi connectivity index (χ0) is 15.9. The predicted molar refractivity (Wildman–Crippen MR) is 82.3 cm³/mol. The third-order valence-corrected chi connectivity index (χ3v) is 3.30. The van der Waals surface area contributed by atoms with Gasteiger partial charge in [-0.3, -0.25) is 0 Å². The van der Waals surface area contributed by atoms with Crippen LogP contribution in [-0.4, -0.2) is 6.61 Å². The lowest BCUT2D eigenvalue weighted by Crippen LogP contribution is -2.02. The number of benzene rings is 2. The van der Waals surface area contributed by atoms with Crippen molar-refractivity contribution in [1.82, 2.24) is 0 Å². The molecule has 2 aromatic rings. The van der Waals surface area contributed by atoms with Gasteiger partial charge < -0.3 is 9.47 Å². The molecule has 0 saturated carbocycles. The summed E-state index contributed by atoms with van der Waals surface area (Å²) in [4.78, 5) is 0. The van der Waals surface area contributed by atoms with E-state index in [2.05, 4.69) is 6.92 Å². The van der Waals surface area contributed by atoms with Gasteiger partial charge in [0.1, 0.15) is 6.61 Å². The lowest BCUT2D eigenvalue weighted by atomic mass is 10.1. The molecular weight excluding hydrogens is 286 g/mol. The topological polar surface area (TPSA) is 18.5 Å². The van der Waals surface area contributed by atoms with Crippen LogP contribution in [0.25, 0.3) is 0 Å². The Hall–Kier alpha value is -2.10. The highest BCUT2D eigenvalue weighted by molar-refractivity contribution is 5.35. The van der Waals surface area contributed by atoms with Gasteiger partial charge in [-0.1, -0.05) is 38.1 Å². The minimum absolute atomic E-state index is 0.0843. The Balaban J connectivity index is 2.04. The molecule has 0 unspecified atom stereocenters. The van der Waals surface area contributed by atoms with Crippen LogP contribution in [-0.2, 0) is 13.0 Å². The normalized spacial score (nSPS) is 10.5. The van der Waals surface area contributed by atoms with Crippen molar-refractivity contribution in [2.45, 2.75) is 33.3 Å². The first-order chi connectivity index (χ1) is 10.7. The summed E-state index contributed by atoms with van der Waals surface area (Å²) in [7, 11) is 0. The maximum atomic E-state index is 13.9. The maximum absolute atomic E-state index is 13.9. The summed E-state index contributed by atoms with van der Waals surface area (Å²) in [5.41, 5.74) is 2.13. The van der Waals surface area contributed by atoms with Crippen molar-refractivity contribution in [1.29, 1.82) is 0 Å². The molecule has 2 aromatic carbocycles. The van der Waals surface area contributed by atoms with E-state index in [9.17, 15) is 8.78 Å². The molecule has 0 heterocycles. The van der Waals surface area contributed by atoms with Gasteiger partial charge in [-0.25, -0.2) is 0 Å². The molecule has 0 fully saturated rings. The molecular formula is C18H20F2O2. The van der Waals surface area contributed by atoms with Gasteiger partial charge in [0.05, 0.1) is 6.61 Å². The van der Waals surface area contributed by atoms with E-state index < -0.39 is 11.6 Å². The fraction of sp³-hybridized carbons (Fsp3) is 0.333. The molecule has 0 atom stereocenters. The Labute approximate surface area is 129 Å². The van der Waals surface area contributed by atoms with Gasteiger partial charge in [-0.2, -0.15) is 8.78 Å². The molecule has 0 aliphatic heterocycles. The zero-order valence-corrected chi connectivity index (χ0v) is 12.9. The Morgan fingerprint density at radius 2 is 1.32 bits per heavy atom. The third kappa shape index (κ3) is 3.97. The van der Waals surface area contributed by atoms with E-state index in [1.807, 2.05) is 31.2 Å². The van der Waals surface area contributed by atoms with E-state index in [0.717, 1.165) is 18.4 Å². The highest BCUT2D eigenvalue weighted by Gasteiger charge is 2.15. The van der Waals surface area contributed by atoms with Crippen molar-refractivity contribution < 1.29 is 18.3 Å². The molecule has 0 spiro atoms. The number of aryl methyl sites for hydroxylation is 1. The monoisotopic (exact) mass is 306 g/mol. The van der Waals surface area contributed by atoms with Gasteiger partial charge in [0.25, 0.3) is 0 Å². The van der Waals surface area contributed by atoms with Crippen LogP contribution in [0.15, 0.2) is 36.4 Å². The fourth-order valence-electron chi connectivity index (χ4n) is 1.98. The van der Waals surface area contributed by atoms with Crippen LogP contribution in [0.3, 0.4) is 0 Å². The Morgan fingerprint density at radius 3 is 1.86 bits per heavy atom. The van der Waals surface area contributed by atoms with Gasteiger partial charge in [0.15, 0.2) is 11.5 Å². The third-order valence-electron chi connectivity index (χ3n) is 3.30. The first kappa shape index (κ1) is 16.3. The van der Waals surface area contributed by atoms with Crippen LogP contribution >= 0.6 is 0 Å². The highest BCUT2D eigenvalue weighted by atomic mass is 19.2. The summed E-state index contributed by atoms with van der Waals surface area (Å²) in [6.45, 7) is 4.51. The average Bonchev–Trinajstić information content (AvgIpc) is 2.56. The van der Waals surface area contributed by atoms with Crippen LogP contribution in [0.4, 0.5) is 8.78 Å². The summed E-state index contributed by atoms with van der Waals surface area (Å²) >= 11 is 0. The largest absolute Gasteiger partial charge is 0.490 e. The quantitative estimate of drug-likeness (QED) is 0.724. The maximum Gasteiger partial charge on any atom is 0.204 e. The lowest BCUT2D eigenvalue weighted by molar-refractivity contribution is 0.269. The van der Waals surface area contributed by atoms with E-state index in [1.165, 1.54) is 17.7 Å². The summed E-state index contributed by atoms with van der Waals surface area (Å²) < 4.78 is 38.3. The number of rotatable bonds is 7. The number of hydrogen-bond acceptors (Lipinski definition) is 2. The summed E-state index contributed by atoms with van der Waals surface area (Å²) in [5, 5.41) is 0. The molecule has 0 aromatic heterocycles. The summed E-state index contributed by atoms with van der Waals surface area (Å²) in [6, 6.07) is 10.6. The van der Waals surface area contributed by atoms with Crippen molar-refractivity contribution in [3.05, 3.63) is 59.2 Å². The van der Waals surface area contributed by atoms with Crippen molar-refractivity contribution in [2.24, 2.45) is 0 Å². The first-order valence-electron chi connectivity index (χ1n) is 7.47. The van der Waals surface area contributed by atoms with E-state index in [-0.39, 0.29) is 18.1 Å². The number of halogens is 2. The van der Waals surface area contributed by atoms with E-state index in [1.54, 1.807) is 0 Å². The van der Waals surface area contributed by atoms with E-state index >= 15 is 0 Å². The molecule has 2 nitrogen and oxygen atoms in total. The van der Waals surface area contributed by atoms with Crippen molar-refractivity contribution in [2.75, 3.05) is 6.61 Å². The second kappa shape index (κ2) is 7.78. The van der Waals surface area contributed by atoms with Crippen LogP contribution in [0.1, 0.15) is 31.4 Å². The molecule has 0 amide bonds. The fourth-order valence-corrected chi connectivity index (χ4v) is 1.98. The molecule has 2 rings (SSSR count). The Bertz CT molecular complexity index is 609. The van der Waals surface area contributed by atoms with Gasteiger partial charge in [-0.05, 0) is 36.1 Å². The molecule has 22 heavy (non-hydrogen) atoms. The SMILES string of the molecule is CCCOc1ccc(OCc2ccc(CC)cc2)c(F)c1F. The van der Waals surface area contributed by atoms with Gasteiger partial charge in [0.2, 0.25) is 11.6 Å². The Kier molecular flexibility index (Phi) is 5.75. The smallest absolute Gasteiger partial charge is 0.204 e. The highest BCUT2D eigenvalue weighted by Crippen LogP contribution is 2.28. The predicted octanol–water partition coefficient (Wildman–Crippen LogP) is 4.90. The average molecular weight is 306 g/mol. The van der Waals surface area contributed by atoms with Gasteiger partial charge in [-0.15, -0.1) is 0 Å². The molecule has 118 valence electrons. The van der Waals surface area contributed by atoms with E-state index in [0.29, 0.717) is 6.61 Å². The molecule has 0 N–H and O–H groups in total. The van der Waals surface area contributed by atoms with Crippen LogP contribution in [0.2, 0.25) is 0 Å². The first-order valence-corrected chi connectivity index (χ1v) is 7.47. The molecule has 0 saturated heterocycles. The van der Waals surface area contributed by atoms with E-state index in [4.69, 9.17) is 9.47 Å². The summed E-state index contributed by atoms with van der Waals surface area (Å²) in [6.07, 6.45) is 1.69. The van der Waals surface area contributed by atoms with Crippen LogP contribution in [0.5, 0.6) is 11.5 Å². The molecule has 4 heteroatoms. The number of ether oxygens (including phenoxy) is 2.